The van der Waals surface area contributed by atoms with E-state index >= 15 is 0 Å². The Morgan fingerprint density at radius 3 is 2.23 bits per heavy atom. The number of ether oxygens (including phenoxy) is 2. The van der Waals surface area contributed by atoms with Crippen LogP contribution in [0.15, 0.2) is 42.6 Å². The van der Waals surface area contributed by atoms with Crippen LogP contribution >= 0.6 is 0 Å². The van der Waals surface area contributed by atoms with Crippen molar-refractivity contribution in [3.8, 4) is 23.3 Å². The molecule has 0 spiro atoms. The third-order valence-corrected chi connectivity index (χ3v) is 2.47. The predicted octanol–water partition coefficient (Wildman–Crippen LogP) is 3.78. The number of rotatable bonds is 3. The molecule has 1 heterocycles. The molecule has 2 rings (SSSR count). The van der Waals surface area contributed by atoms with E-state index in [2.05, 4.69) is 21.6 Å². The third kappa shape index (κ3) is 5.02. The van der Waals surface area contributed by atoms with Crippen LogP contribution < -0.4 is 9.47 Å². The molecule has 0 aliphatic rings. The van der Waals surface area contributed by atoms with Crippen LogP contribution in [0.4, 0.5) is 13.2 Å². The lowest BCUT2D eigenvalue weighted by Crippen LogP contribution is -2.16. The van der Waals surface area contributed by atoms with Crippen molar-refractivity contribution in [3.05, 3.63) is 53.9 Å². The van der Waals surface area contributed by atoms with E-state index in [1.54, 1.807) is 18.3 Å². The van der Waals surface area contributed by atoms with Crippen LogP contribution in [0, 0.1) is 11.8 Å². The highest BCUT2D eigenvalue weighted by Crippen LogP contribution is 2.22. The molecule has 22 heavy (non-hydrogen) atoms. The third-order valence-electron chi connectivity index (χ3n) is 2.47. The van der Waals surface area contributed by atoms with Crippen LogP contribution in [0.1, 0.15) is 18.2 Å². The van der Waals surface area contributed by atoms with Crippen LogP contribution in [0.25, 0.3) is 0 Å². The predicted molar refractivity (Wildman–Crippen MR) is 74.5 cm³/mol. The highest BCUT2D eigenvalue weighted by molar-refractivity contribution is 5.42. The zero-order valence-electron chi connectivity index (χ0n) is 11.6. The Bertz CT molecular complexity index is 668. The quantitative estimate of drug-likeness (QED) is 0.809. The minimum absolute atomic E-state index is 0.280. The maximum absolute atomic E-state index is 12.0. The van der Waals surface area contributed by atoms with E-state index in [1.807, 2.05) is 6.92 Å². The van der Waals surface area contributed by atoms with Gasteiger partial charge >= 0.3 is 6.36 Å². The van der Waals surface area contributed by atoms with Gasteiger partial charge in [-0.3, -0.25) is 0 Å². The van der Waals surface area contributed by atoms with Gasteiger partial charge in [-0.2, -0.15) is 0 Å². The Balaban J connectivity index is 2.05. The fraction of sp³-hybridized carbons (Fsp3) is 0.188. The highest BCUT2D eigenvalue weighted by atomic mass is 19.4. The second-order valence-corrected chi connectivity index (χ2v) is 4.13. The first kappa shape index (κ1) is 15.7. The Labute approximate surface area is 125 Å². The summed E-state index contributed by atoms with van der Waals surface area (Å²) in [5, 5.41) is 0. The van der Waals surface area contributed by atoms with Gasteiger partial charge in [0.05, 0.1) is 12.8 Å². The lowest BCUT2D eigenvalue weighted by Gasteiger charge is -2.07. The number of pyridine rings is 1. The minimum Gasteiger partial charge on any atom is -0.492 e. The normalized spacial score (nSPS) is 10.5. The number of hydrogen-bond acceptors (Lipinski definition) is 3. The maximum Gasteiger partial charge on any atom is 0.573 e. The Morgan fingerprint density at radius 1 is 1.00 bits per heavy atom. The number of hydrogen-bond donors (Lipinski definition) is 0. The standard InChI is InChI=1S/C16H12F3NO2/c1-2-21-15-10-7-13(20-11-15)6-3-12-4-8-14(9-5-12)22-16(17,18)19/h4-5,7-11H,2H2,1H3. The second kappa shape index (κ2) is 6.85. The molecule has 0 saturated carbocycles. The Hall–Kier alpha value is -2.68. The molecule has 0 atom stereocenters. The molecule has 3 nitrogen and oxygen atoms in total. The van der Waals surface area contributed by atoms with Gasteiger partial charge in [0, 0.05) is 5.56 Å². The number of aromatic nitrogens is 1. The lowest BCUT2D eigenvalue weighted by atomic mass is 10.2. The SMILES string of the molecule is CCOc1ccc(C#Cc2ccc(OC(F)(F)F)cc2)nc1. The molecule has 1 aromatic heterocycles. The smallest absolute Gasteiger partial charge is 0.492 e. The van der Waals surface area contributed by atoms with Crippen LogP contribution in [-0.2, 0) is 0 Å². The van der Waals surface area contributed by atoms with Crippen molar-refractivity contribution in [2.75, 3.05) is 6.61 Å². The molecular formula is C16H12F3NO2. The molecule has 0 fully saturated rings. The van der Waals surface area contributed by atoms with Crippen molar-refractivity contribution in [3.63, 3.8) is 0 Å². The summed E-state index contributed by atoms with van der Waals surface area (Å²) in [5.41, 5.74) is 1.10. The van der Waals surface area contributed by atoms with E-state index in [0.29, 0.717) is 23.6 Å². The van der Waals surface area contributed by atoms with Gasteiger partial charge in [-0.1, -0.05) is 5.92 Å². The molecule has 0 N–H and O–H groups in total. The van der Waals surface area contributed by atoms with Crippen molar-refractivity contribution >= 4 is 0 Å². The van der Waals surface area contributed by atoms with Gasteiger partial charge in [-0.05, 0) is 49.2 Å². The zero-order chi connectivity index (χ0) is 16.0. The first-order valence-corrected chi connectivity index (χ1v) is 6.43. The van der Waals surface area contributed by atoms with Crippen LogP contribution in [0.3, 0.4) is 0 Å². The molecule has 1 aromatic carbocycles. The van der Waals surface area contributed by atoms with E-state index in [-0.39, 0.29) is 5.75 Å². The van der Waals surface area contributed by atoms with Gasteiger partial charge in [-0.15, -0.1) is 13.2 Å². The van der Waals surface area contributed by atoms with Gasteiger partial charge < -0.3 is 9.47 Å². The maximum atomic E-state index is 12.0. The molecule has 0 unspecified atom stereocenters. The molecule has 6 heteroatoms. The number of nitrogens with zero attached hydrogens (tertiary/aromatic N) is 1. The summed E-state index contributed by atoms with van der Waals surface area (Å²) in [5.74, 6) is 6.00. The molecule has 0 amide bonds. The molecular weight excluding hydrogens is 295 g/mol. The molecule has 114 valence electrons. The Morgan fingerprint density at radius 2 is 1.68 bits per heavy atom. The summed E-state index contributed by atoms with van der Waals surface area (Å²) >= 11 is 0. The van der Waals surface area contributed by atoms with Crippen molar-refractivity contribution in [1.82, 2.24) is 4.98 Å². The fourth-order valence-corrected chi connectivity index (χ4v) is 1.58. The fourth-order valence-electron chi connectivity index (χ4n) is 1.58. The van der Waals surface area contributed by atoms with Crippen LogP contribution in [0.5, 0.6) is 11.5 Å². The monoisotopic (exact) mass is 307 g/mol. The minimum atomic E-state index is -4.70. The van der Waals surface area contributed by atoms with Crippen molar-refractivity contribution in [1.29, 1.82) is 0 Å². The first-order chi connectivity index (χ1) is 10.5. The lowest BCUT2D eigenvalue weighted by molar-refractivity contribution is -0.274. The number of benzene rings is 1. The van der Waals surface area contributed by atoms with Crippen molar-refractivity contribution in [2.45, 2.75) is 13.3 Å². The van der Waals surface area contributed by atoms with Crippen LogP contribution in [-0.4, -0.2) is 18.0 Å². The van der Waals surface area contributed by atoms with E-state index in [1.165, 1.54) is 24.3 Å². The first-order valence-electron chi connectivity index (χ1n) is 6.43. The van der Waals surface area contributed by atoms with Gasteiger partial charge in [0.25, 0.3) is 0 Å². The number of alkyl halides is 3. The summed E-state index contributed by atoms with van der Waals surface area (Å²) in [4.78, 5) is 4.11. The molecule has 0 aliphatic carbocycles. The van der Waals surface area contributed by atoms with E-state index in [4.69, 9.17) is 4.74 Å². The summed E-state index contributed by atoms with van der Waals surface area (Å²) in [6.45, 7) is 2.43. The molecule has 2 aromatic rings. The zero-order valence-corrected chi connectivity index (χ0v) is 11.6. The van der Waals surface area contributed by atoms with Gasteiger partial charge in [0.2, 0.25) is 0 Å². The topological polar surface area (TPSA) is 31.4 Å². The Kier molecular flexibility index (Phi) is 4.89. The summed E-state index contributed by atoms with van der Waals surface area (Å²) in [6.07, 6.45) is -3.13. The van der Waals surface area contributed by atoms with Crippen molar-refractivity contribution in [2.24, 2.45) is 0 Å². The van der Waals surface area contributed by atoms with Crippen LogP contribution in [0.2, 0.25) is 0 Å². The molecule has 0 radical (unpaired) electrons. The molecule has 0 aliphatic heterocycles. The number of halogens is 3. The van der Waals surface area contributed by atoms with Gasteiger partial charge in [0.1, 0.15) is 17.2 Å². The summed E-state index contributed by atoms with van der Waals surface area (Å²) < 4.78 is 45.1. The van der Waals surface area contributed by atoms with E-state index in [0.717, 1.165) is 0 Å². The summed E-state index contributed by atoms with van der Waals surface area (Å²) in [6, 6.07) is 8.78. The highest BCUT2D eigenvalue weighted by Gasteiger charge is 2.30. The average molecular weight is 307 g/mol. The summed E-state index contributed by atoms with van der Waals surface area (Å²) in [7, 11) is 0. The average Bonchev–Trinajstić information content (AvgIpc) is 2.47. The van der Waals surface area contributed by atoms with E-state index < -0.39 is 6.36 Å². The van der Waals surface area contributed by atoms with Crippen molar-refractivity contribution < 1.29 is 22.6 Å². The van der Waals surface area contributed by atoms with E-state index in [9.17, 15) is 13.2 Å². The molecule has 0 saturated heterocycles. The van der Waals surface area contributed by atoms with Gasteiger partial charge in [-0.25, -0.2) is 4.98 Å². The second-order valence-electron chi connectivity index (χ2n) is 4.13. The molecule has 0 bridgehead atoms. The van der Waals surface area contributed by atoms with Gasteiger partial charge in [0.15, 0.2) is 0 Å². The largest absolute Gasteiger partial charge is 0.573 e.